The van der Waals surface area contributed by atoms with Crippen LogP contribution in [0.25, 0.3) is 11.3 Å². The number of anilines is 1. The molecule has 0 atom stereocenters. The zero-order valence-corrected chi connectivity index (χ0v) is 17.3. The van der Waals surface area contributed by atoms with Gasteiger partial charge in [0.25, 0.3) is 5.91 Å². The van der Waals surface area contributed by atoms with Crippen LogP contribution in [0.1, 0.15) is 30.1 Å². The van der Waals surface area contributed by atoms with Crippen LogP contribution < -0.4 is 10.1 Å². The van der Waals surface area contributed by atoms with Gasteiger partial charge in [0.1, 0.15) is 5.75 Å². The number of thiazole rings is 1. The molecule has 1 N–H and O–H groups in total. The molecule has 26 heavy (non-hydrogen) atoms. The molecular weight excluding hydrogens is 459 g/mol. The molecule has 2 aromatic carbocycles. The molecule has 0 aliphatic heterocycles. The third-order valence-electron chi connectivity index (χ3n) is 3.76. The molecule has 0 spiro atoms. The molecule has 0 fully saturated rings. The van der Waals surface area contributed by atoms with Crippen molar-refractivity contribution in [3.8, 4) is 17.0 Å². The number of carbonyl (C=O) groups is 1. The highest BCUT2D eigenvalue weighted by molar-refractivity contribution is 14.1. The van der Waals surface area contributed by atoms with Crippen molar-refractivity contribution < 1.29 is 9.53 Å². The monoisotopic (exact) mass is 478 g/mol. The van der Waals surface area contributed by atoms with Crippen molar-refractivity contribution >= 4 is 45.0 Å². The van der Waals surface area contributed by atoms with E-state index in [0.717, 1.165) is 40.0 Å². The van der Waals surface area contributed by atoms with Crippen LogP contribution in [-0.4, -0.2) is 17.5 Å². The van der Waals surface area contributed by atoms with Crippen molar-refractivity contribution in [1.82, 2.24) is 4.98 Å². The third kappa shape index (κ3) is 4.82. The molecule has 134 valence electrons. The van der Waals surface area contributed by atoms with E-state index in [9.17, 15) is 4.79 Å². The van der Waals surface area contributed by atoms with Crippen LogP contribution in [0.4, 0.5) is 5.13 Å². The van der Waals surface area contributed by atoms with Gasteiger partial charge in [-0.1, -0.05) is 25.5 Å². The van der Waals surface area contributed by atoms with Crippen LogP contribution in [0.2, 0.25) is 0 Å². The Morgan fingerprint density at radius 3 is 2.69 bits per heavy atom. The van der Waals surface area contributed by atoms with E-state index in [1.165, 1.54) is 11.3 Å². The zero-order valence-electron chi connectivity index (χ0n) is 14.4. The molecule has 0 unspecified atom stereocenters. The Balaban J connectivity index is 1.66. The minimum absolute atomic E-state index is 0.143. The highest BCUT2D eigenvalue weighted by atomic mass is 127. The minimum Gasteiger partial charge on any atom is -0.494 e. The number of hydrogen-bond acceptors (Lipinski definition) is 4. The molecule has 0 saturated carbocycles. The largest absolute Gasteiger partial charge is 0.494 e. The molecule has 6 heteroatoms. The Hall–Kier alpha value is -1.93. The van der Waals surface area contributed by atoms with E-state index < -0.39 is 0 Å². The van der Waals surface area contributed by atoms with Gasteiger partial charge in [-0.25, -0.2) is 4.98 Å². The first-order chi connectivity index (χ1) is 12.7. The van der Waals surface area contributed by atoms with Crippen LogP contribution in [0.15, 0.2) is 53.9 Å². The lowest BCUT2D eigenvalue weighted by molar-refractivity contribution is 0.102. The number of hydrogen-bond donors (Lipinski definition) is 1. The number of ether oxygens (including phenoxy) is 1. The summed E-state index contributed by atoms with van der Waals surface area (Å²) in [5.74, 6) is 0.722. The number of aromatic nitrogens is 1. The summed E-state index contributed by atoms with van der Waals surface area (Å²) >= 11 is 3.58. The topological polar surface area (TPSA) is 51.2 Å². The molecule has 0 saturated heterocycles. The Labute approximate surface area is 170 Å². The maximum absolute atomic E-state index is 12.4. The van der Waals surface area contributed by atoms with Gasteiger partial charge in [-0.15, -0.1) is 11.3 Å². The number of nitrogens with zero attached hydrogens (tertiary/aromatic N) is 1. The van der Waals surface area contributed by atoms with Gasteiger partial charge in [0.2, 0.25) is 0 Å². The highest BCUT2D eigenvalue weighted by Gasteiger charge is 2.12. The van der Waals surface area contributed by atoms with Crippen molar-refractivity contribution in [3.05, 3.63) is 63.0 Å². The number of benzene rings is 2. The summed E-state index contributed by atoms with van der Waals surface area (Å²) in [5.41, 5.74) is 2.49. The van der Waals surface area contributed by atoms with Gasteiger partial charge >= 0.3 is 0 Å². The average molecular weight is 478 g/mol. The Morgan fingerprint density at radius 1 is 1.19 bits per heavy atom. The molecule has 0 radical (unpaired) electrons. The second-order valence-corrected chi connectivity index (χ2v) is 7.72. The van der Waals surface area contributed by atoms with Gasteiger partial charge in [-0.3, -0.25) is 10.1 Å². The van der Waals surface area contributed by atoms with Crippen molar-refractivity contribution in [2.45, 2.75) is 19.8 Å². The van der Waals surface area contributed by atoms with Gasteiger partial charge in [-0.2, -0.15) is 0 Å². The standard InChI is InChI=1S/C20H19IN2O2S/c1-2-3-12-25-15-10-8-14(9-11-15)18-13-26-20(22-18)23-19(24)16-6-4-5-7-17(16)21/h4-11,13H,2-3,12H2,1H3,(H,22,23,24). The van der Waals surface area contributed by atoms with Crippen molar-refractivity contribution in [2.24, 2.45) is 0 Å². The lowest BCUT2D eigenvalue weighted by Gasteiger charge is -2.05. The molecular formula is C20H19IN2O2S. The molecule has 1 aromatic heterocycles. The number of halogens is 1. The van der Waals surface area contributed by atoms with E-state index in [1.54, 1.807) is 0 Å². The second-order valence-electron chi connectivity index (χ2n) is 5.70. The summed E-state index contributed by atoms with van der Waals surface area (Å²) in [5, 5.41) is 5.41. The van der Waals surface area contributed by atoms with Gasteiger partial charge < -0.3 is 4.74 Å². The Kier molecular flexibility index (Phi) is 6.62. The van der Waals surface area contributed by atoms with Crippen molar-refractivity contribution in [3.63, 3.8) is 0 Å². The summed E-state index contributed by atoms with van der Waals surface area (Å²) in [6.07, 6.45) is 2.17. The van der Waals surface area contributed by atoms with Gasteiger partial charge in [0.15, 0.2) is 5.13 Å². The first kappa shape index (κ1) is 18.8. The SMILES string of the molecule is CCCCOc1ccc(-c2csc(NC(=O)c3ccccc3I)n2)cc1. The average Bonchev–Trinajstić information content (AvgIpc) is 3.11. The summed E-state index contributed by atoms with van der Waals surface area (Å²) < 4.78 is 6.59. The number of unbranched alkanes of at least 4 members (excludes halogenated alkanes) is 1. The molecule has 1 heterocycles. The number of carbonyl (C=O) groups excluding carboxylic acids is 1. The molecule has 4 nitrogen and oxygen atoms in total. The fourth-order valence-corrected chi connectivity index (χ4v) is 3.68. The second kappa shape index (κ2) is 9.14. The lowest BCUT2D eigenvalue weighted by atomic mass is 10.2. The number of rotatable bonds is 7. The summed E-state index contributed by atoms with van der Waals surface area (Å²) in [6, 6.07) is 15.4. The van der Waals surface area contributed by atoms with Gasteiger partial charge in [0.05, 0.1) is 17.9 Å². The molecule has 3 aromatic rings. The summed E-state index contributed by atoms with van der Waals surface area (Å²) in [6.45, 7) is 2.88. The van der Waals surface area contributed by atoms with E-state index in [1.807, 2.05) is 53.9 Å². The molecule has 0 aliphatic carbocycles. The van der Waals surface area contributed by atoms with Crippen LogP contribution in [0.5, 0.6) is 5.75 Å². The van der Waals surface area contributed by atoms with E-state index in [2.05, 4.69) is 39.8 Å². The fourth-order valence-electron chi connectivity index (χ4n) is 2.33. The van der Waals surface area contributed by atoms with Gasteiger partial charge in [-0.05, 0) is 65.4 Å². The Bertz CT molecular complexity index is 878. The van der Waals surface area contributed by atoms with Crippen molar-refractivity contribution in [2.75, 3.05) is 11.9 Å². The quantitative estimate of drug-likeness (QED) is 0.343. The van der Waals surface area contributed by atoms with Crippen LogP contribution in [0.3, 0.4) is 0 Å². The molecule has 0 bridgehead atoms. The number of amides is 1. The first-order valence-corrected chi connectivity index (χ1v) is 10.4. The predicted octanol–water partition coefficient (Wildman–Crippen LogP) is 5.85. The van der Waals surface area contributed by atoms with Crippen LogP contribution in [0, 0.1) is 3.57 Å². The van der Waals surface area contributed by atoms with Gasteiger partial charge in [0, 0.05) is 14.5 Å². The molecule has 3 rings (SSSR count). The van der Waals surface area contributed by atoms with E-state index in [0.29, 0.717) is 10.7 Å². The Morgan fingerprint density at radius 2 is 1.96 bits per heavy atom. The lowest BCUT2D eigenvalue weighted by Crippen LogP contribution is -2.13. The van der Waals surface area contributed by atoms with Crippen molar-refractivity contribution in [1.29, 1.82) is 0 Å². The zero-order chi connectivity index (χ0) is 18.4. The normalized spacial score (nSPS) is 10.5. The van der Waals surface area contributed by atoms with E-state index in [4.69, 9.17) is 4.74 Å². The van der Waals surface area contributed by atoms with E-state index >= 15 is 0 Å². The highest BCUT2D eigenvalue weighted by Crippen LogP contribution is 2.27. The number of nitrogens with one attached hydrogen (secondary N) is 1. The molecule has 0 aliphatic rings. The fraction of sp³-hybridized carbons (Fsp3) is 0.200. The van der Waals surface area contributed by atoms with Crippen LogP contribution in [-0.2, 0) is 0 Å². The van der Waals surface area contributed by atoms with Crippen LogP contribution >= 0.6 is 33.9 Å². The maximum atomic E-state index is 12.4. The smallest absolute Gasteiger partial charge is 0.258 e. The predicted molar refractivity (Wildman–Crippen MR) is 115 cm³/mol. The third-order valence-corrected chi connectivity index (χ3v) is 5.46. The minimum atomic E-state index is -0.143. The maximum Gasteiger partial charge on any atom is 0.258 e. The van der Waals surface area contributed by atoms with E-state index in [-0.39, 0.29) is 5.91 Å². The molecule has 1 amide bonds. The summed E-state index contributed by atoms with van der Waals surface area (Å²) in [7, 11) is 0. The first-order valence-electron chi connectivity index (χ1n) is 8.42. The summed E-state index contributed by atoms with van der Waals surface area (Å²) in [4.78, 5) is 16.9.